The first kappa shape index (κ1) is 9.54. The molecular weight excluding hydrogens is 222 g/mol. The monoisotopic (exact) mass is 233 g/mol. The fraction of sp³-hybridized carbons (Fsp3) is 0. The molecule has 1 N–H and O–H groups in total. The molecule has 0 bridgehead atoms. The lowest BCUT2D eigenvalue weighted by Crippen LogP contribution is -2.32. The molecule has 0 saturated carbocycles. The molecule has 2 aliphatic heterocycles. The molecular formula is C16H11NO. The highest BCUT2D eigenvalue weighted by Gasteiger charge is 2.13. The predicted octanol–water partition coefficient (Wildman–Crippen LogP) is 2.20. The Labute approximate surface area is 105 Å². The zero-order chi connectivity index (χ0) is 11.9. The van der Waals surface area contributed by atoms with Crippen molar-refractivity contribution in [3.63, 3.8) is 0 Å². The summed E-state index contributed by atoms with van der Waals surface area (Å²) < 4.78 is 5.72. The largest absolute Gasteiger partial charge is 0.464 e. The van der Waals surface area contributed by atoms with E-state index < -0.39 is 0 Å². The van der Waals surface area contributed by atoms with Crippen molar-refractivity contribution in [1.82, 2.24) is 0 Å². The van der Waals surface area contributed by atoms with Gasteiger partial charge in [0.1, 0.15) is 5.75 Å². The van der Waals surface area contributed by atoms with E-state index >= 15 is 0 Å². The molecule has 0 aliphatic carbocycles. The zero-order valence-corrected chi connectivity index (χ0v) is 9.68. The molecule has 4 rings (SSSR count). The minimum atomic E-state index is 0.921. The Morgan fingerprint density at radius 3 is 2.83 bits per heavy atom. The van der Waals surface area contributed by atoms with Crippen LogP contribution in [0.4, 0.5) is 5.69 Å². The van der Waals surface area contributed by atoms with E-state index in [1.165, 1.54) is 10.8 Å². The van der Waals surface area contributed by atoms with E-state index in [0.717, 1.165) is 22.2 Å². The van der Waals surface area contributed by atoms with Gasteiger partial charge in [-0.3, -0.25) is 0 Å². The van der Waals surface area contributed by atoms with E-state index in [0.29, 0.717) is 0 Å². The third-order valence-corrected chi connectivity index (χ3v) is 3.37. The van der Waals surface area contributed by atoms with Crippen LogP contribution in [0.15, 0.2) is 48.7 Å². The first-order valence-corrected chi connectivity index (χ1v) is 5.96. The molecule has 0 aromatic heterocycles. The summed E-state index contributed by atoms with van der Waals surface area (Å²) in [5.41, 5.74) is 3.50. The number of allylic oxidation sites excluding steroid dienone is 1. The number of para-hydroxylation sites is 1. The molecule has 0 saturated heterocycles. The standard InChI is InChI=1S/C16H11NO/c1-2-6-16-13(4-1)11-7-8-15-12(5-3-9-17-15)14(11)10-18-16/h1-10,17H. The van der Waals surface area contributed by atoms with Gasteiger partial charge in [-0.15, -0.1) is 0 Å². The molecule has 2 aromatic carbocycles. The molecule has 18 heavy (non-hydrogen) atoms. The minimum absolute atomic E-state index is 0.921. The molecule has 2 heteroatoms. The van der Waals surface area contributed by atoms with Crippen LogP contribution in [-0.2, 0) is 0 Å². The quantitative estimate of drug-likeness (QED) is 0.753. The van der Waals surface area contributed by atoms with Crippen molar-refractivity contribution in [2.75, 3.05) is 5.32 Å². The van der Waals surface area contributed by atoms with E-state index in [1.807, 2.05) is 36.7 Å². The second-order valence-electron chi connectivity index (χ2n) is 4.39. The number of nitrogens with one attached hydrogen (secondary N) is 1. The maximum atomic E-state index is 5.72. The van der Waals surface area contributed by atoms with Gasteiger partial charge < -0.3 is 10.1 Å². The van der Waals surface area contributed by atoms with Crippen molar-refractivity contribution in [1.29, 1.82) is 0 Å². The average molecular weight is 233 g/mol. The van der Waals surface area contributed by atoms with E-state index in [4.69, 9.17) is 4.74 Å². The molecule has 0 radical (unpaired) electrons. The Morgan fingerprint density at radius 1 is 0.889 bits per heavy atom. The molecule has 0 fully saturated rings. The lowest BCUT2D eigenvalue weighted by molar-refractivity contribution is 0.537. The van der Waals surface area contributed by atoms with Gasteiger partial charge in [-0.1, -0.05) is 30.3 Å². The van der Waals surface area contributed by atoms with Crippen molar-refractivity contribution >= 4 is 18.0 Å². The maximum Gasteiger partial charge on any atom is 0.134 e. The summed E-state index contributed by atoms with van der Waals surface area (Å²) >= 11 is 0. The van der Waals surface area contributed by atoms with Crippen molar-refractivity contribution < 1.29 is 4.74 Å². The summed E-state index contributed by atoms with van der Waals surface area (Å²) in [6, 6.07) is 12.4. The summed E-state index contributed by atoms with van der Waals surface area (Å²) in [4.78, 5) is 0. The van der Waals surface area contributed by atoms with Gasteiger partial charge in [0.05, 0.1) is 6.26 Å². The highest BCUT2D eigenvalue weighted by molar-refractivity contribution is 5.77. The summed E-state index contributed by atoms with van der Waals surface area (Å²) in [6.45, 7) is 0. The molecule has 0 atom stereocenters. The summed E-state index contributed by atoms with van der Waals surface area (Å²) in [5.74, 6) is 0.921. The minimum Gasteiger partial charge on any atom is -0.464 e. The molecule has 2 aliphatic rings. The van der Waals surface area contributed by atoms with Crippen LogP contribution in [0.2, 0.25) is 0 Å². The summed E-state index contributed by atoms with van der Waals surface area (Å²) in [7, 11) is 0. The Kier molecular flexibility index (Phi) is 1.86. The molecule has 2 nitrogen and oxygen atoms in total. The second kappa shape index (κ2) is 3.50. The van der Waals surface area contributed by atoms with Crippen LogP contribution in [0.1, 0.15) is 0 Å². The van der Waals surface area contributed by atoms with Gasteiger partial charge in [-0.05, 0) is 23.8 Å². The van der Waals surface area contributed by atoms with E-state index in [-0.39, 0.29) is 0 Å². The van der Waals surface area contributed by atoms with E-state index in [9.17, 15) is 0 Å². The zero-order valence-electron chi connectivity index (χ0n) is 9.68. The number of fused-ring (bicyclic) bond motifs is 5. The second-order valence-corrected chi connectivity index (χ2v) is 4.39. The number of hydrogen-bond donors (Lipinski definition) is 1. The van der Waals surface area contributed by atoms with Gasteiger partial charge in [0, 0.05) is 27.9 Å². The normalized spacial score (nSPS) is 14.0. The van der Waals surface area contributed by atoms with Crippen LogP contribution < -0.4 is 20.5 Å². The van der Waals surface area contributed by atoms with Gasteiger partial charge in [-0.2, -0.15) is 0 Å². The molecule has 0 unspecified atom stereocenters. The van der Waals surface area contributed by atoms with Gasteiger partial charge in [0.15, 0.2) is 0 Å². The topological polar surface area (TPSA) is 21.3 Å². The number of ether oxygens (including phenoxy) is 1. The van der Waals surface area contributed by atoms with Gasteiger partial charge in [-0.25, -0.2) is 0 Å². The molecule has 86 valence electrons. The molecule has 2 aromatic rings. The van der Waals surface area contributed by atoms with Crippen molar-refractivity contribution in [3.05, 3.63) is 59.1 Å². The Bertz CT molecular complexity index is 787. The summed E-state index contributed by atoms with van der Waals surface area (Å²) in [6.07, 6.45) is 7.90. The lowest BCUT2D eigenvalue weighted by Gasteiger charge is -2.17. The number of anilines is 1. The van der Waals surface area contributed by atoms with Crippen LogP contribution in [0.5, 0.6) is 5.75 Å². The van der Waals surface area contributed by atoms with Crippen LogP contribution in [-0.4, -0.2) is 0 Å². The highest BCUT2D eigenvalue weighted by atomic mass is 16.5. The lowest BCUT2D eigenvalue weighted by atomic mass is 9.98. The Hall–Kier alpha value is -2.48. The number of hydrogen-bond acceptors (Lipinski definition) is 2. The SMILES string of the molecule is C1=CNc2ccc3c(c2=C1)=COc1ccccc1-3. The first-order chi connectivity index (χ1) is 8.93. The predicted molar refractivity (Wildman–Crippen MR) is 73.4 cm³/mol. The van der Waals surface area contributed by atoms with Gasteiger partial charge in [0.25, 0.3) is 0 Å². The smallest absolute Gasteiger partial charge is 0.134 e. The number of rotatable bonds is 0. The Morgan fingerprint density at radius 2 is 1.83 bits per heavy atom. The van der Waals surface area contributed by atoms with Crippen LogP contribution in [0.3, 0.4) is 0 Å². The molecule has 0 spiro atoms. The maximum absolute atomic E-state index is 5.72. The first-order valence-electron chi connectivity index (χ1n) is 5.96. The van der Waals surface area contributed by atoms with Crippen molar-refractivity contribution in [3.8, 4) is 16.9 Å². The van der Waals surface area contributed by atoms with Crippen LogP contribution in [0, 0.1) is 0 Å². The van der Waals surface area contributed by atoms with Crippen molar-refractivity contribution in [2.45, 2.75) is 0 Å². The van der Waals surface area contributed by atoms with Crippen LogP contribution in [0.25, 0.3) is 23.5 Å². The molecule has 0 amide bonds. The highest BCUT2D eigenvalue weighted by Crippen LogP contribution is 2.30. The third-order valence-electron chi connectivity index (χ3n) is 3.37. The summed E-state index contributed by atoms with van der Waals surface area (Å²) in [5, 5.41) is 5.58. The van der Waals surface area contributed by atoms with Gasteiger partial charge in [0.2, 0.25) is 0 Å². The van der Waals surface area contributed by atoms with Crippen molar-refractivity contribution in [2.24, 2.45) is 0 Å². The fourth-order valence-electron chi connectivity index (χ4n) is 2.50. The van der Waals surface area contributed by atoms with E-state index in [1.54, 1.807) is 0 Å². The number of benzene rings is 2. The van der Waals surface area contributed by atoms with E-state index in [2.05, 4.69) is 29.6 Å². The van der Waals surface area contributed by atoms with Gasteiger partial charge >= 0.3 is 0 Å². The third kappa shape index (κ3) is 1.23. The Balaban J connectivity index is 2.12. The molecule has 2 heterocycles. The van der Waals surface area contributed by atoms with Crippen LogP contribution >= 0.6 is 0 Å². The average Bonchev–Trinajstić information content (AvgIpc) is 2.46. The fourth-order valence-corrected chi connectivity index (χ4v) is 2.50.